The maximum atomic E-state index is 9.93. The van der Waals surface area contributed by atoms with Gasteiger partial charge in [0.15, 0.2) is 0 Å². The third-order valence-corrected chi connectivity index (χ3v) is 1.50. The summed E-state index contributed by atoms with van der Waals surface area (Å²) >= 11 is 2.84. The second-order valence-electron chi connectivity index (χ2n) is 1.32. The molecule has 3 nitrogen and oxygen atoms in total. The Labute approximate surface area is 55.5 Å². The first-order valence-electron chi connectivity index (χ1n) is 2.16. The van der Waals surface area contributed by atoms with Crippen LogP contribution in [0.25, 0.3) is 0 Å². The van der Waals surface area contributed by atoms with Crippen LogP contribution in [0.5, 0.6) is 0 Å². The summed E-state index contributed by atoms with van der Waals surface area (Å²) < 4.78 is 0. The Morgan fingerprint density at radius 3 is 2.38 bits per heavy atom. The van der Waals surface area contributed by atoms with E-state index in [9.17, 15) is 4.79 Å². The first-order chi connectivity index (χ1) is 3.68. The Kier molecular flexibility index (Phi) is 3.81. The van der Waals surface area contributed by atoms with E-state index in [4.69, 9.17) is 10.2 Å². The van der Waals surface area contributed by atoms with Crippen molar-refractivity contribution < 1.29 is 15.0 Å². The zero-order chi connectivity index (χ0) is 6.57. The molecular formula is C4H7BrO3. The lowest BCUT2D eigenvalue weighted by atomic mass is 10.3. The third-order valence-electron chi connectivity index (χ3n) is 0.651. The lowest BCUT2D eigenvalue weighted by Crippen LogP contribution is -2.13. The Bertz CT molecular complexity index is 83.4. The van der Waals surface area contributed by atoms with Gasteiger partial charge in [-0.1, -0.05) is 15.9 Å². The molecule has 0 saturated carbocycles. The van der Waals surface area contributed by atoms with Crippen LogP contribution in [0.3, 0.4) is 0 Å². The summed E-state index contributed by atoms with van der Waals surface area (Å²) in [6.07, 6.45) is 0.259. The number of carbonyl (C=O) groups is 1. The van der Waals surface area contributed by atoms with Crippen LogP contribution in [0.2, 0.25) is 0 Å². The predicted molar refractivity (Wildman–Crippen MR) is 32.1 cm³/mol. The van der Waals surface area contributed by atoms with E-state index in [1.165, 1.54) is 0 Å². The van der Waals surface area contributed by atoms with Crippen LogP contribution in [0.1, 0.15) is 6.42 Å². The van der Waals surface area contributed by atoms with Gasteiger partial charge in [-0.2, -0.15) is 0 Å². The summed E-state index contributed by atoms with van der Waals surface area (Å²) in [6, 6.07) is 0. The minimum Gasteiger partial charge on any atom is -0.480 e. The number of aliphatic carboxylic acids is 1. The quantitative estimate of drug-likeness (QED) is 0.615. The van der Waals surface area contributed by atoms with Gasteiger partial charge in [-0.15, -0.1) is 0 Å². The molecule has 0 aliphatic heterocycles. The average molecular weight is 183 g/mol. The molecule has 0 bridgehead atoms. The van der Waals surface area contributed by atoms with E-state index >= 15 is 0 Å². The summed E-state index contributed by atoms with van der Waals surface area (Å²) in [5, 5.41) is 16.3. The molecule has 0 aliphatic carbocycles. The second kappa shape index (κ2) is 3.86. The number of halogens is 1. The van der Waals surface area contributed by atoms with Gasteiger partial charge in [0.1, 0.15) is 4.83 Å². The number of hydrogen-bond acceptors (Lipinski definition) is 2. The maximum Gasteiger partial charge on any atom is 0.317 e. The lowest BCUT2D eigenvalue weighted by molar-refractivity contribution is -0.136. The number of aliphatic hydroxyl groups excluding tert-OH is 1. The van der Waals surface area contributed by atoms with Crippen LogP contribution in [-0.2, 0) is 4.79 Å². The van der Waals surface area contributed by atoms with E-state index in [0.717, 1.165) is 0 Å². The van der Waals surface area contributed by atoms with Crippen molar-refractivity contribution in [3.63, 3.8) is 0 Å². The molecule has 48 valence electrons. The first kappa shape index (κ1) is 7.91. The van der Waals surface area contributed by atoms with E-state index < -0.39 is 10.8 Å². The van der Waals surface area contributed by atoms with Crippen molar-refractivity contribution in [1.29, 1.82) is 0 Å². The third kappa shape index (κ3) is 2.98. The number of hydrogen-bond donors (Lipinski definition) is 2. The Balaban J connectivity index is 3.32. The van der Waals surface area contributed by atoms with Crippen LogP contribution >= 0.6 is 15.9 Å². The Morgan fingerprint density at radius 1 is 1.75 bits per heavy atom. The summed E-state index contributed by atoms with van der Waals surface area (Å²) in [7, 11) is 0. The van der Waals surface area contributed by atoms with Crippen molar-refractivity contribution in [1.82, 2.24) is 0 Å². The van der Waals surface area contributed by atoms with Crippen molar-refractivity contribution in [3.05, 3.63) is 0 Å². The van der Waals surface area contributed by atoms with E-state index in [1.807, 2.05) is 0 Å². The zero-order valence-corrected chi connectivity index (χ0v) is 5.76. The van der Waals surface area contributed by atoms with E-state index in [0.29, 0.717) is 0 Å². The molecule has 0 fully saturated rings. The van der Waals surface area contributed by atoms with Gasteiger partial charge < -0.3 is 10.2 Å². The molecule has 8 heavy (non-hydrogen) atoms. The molecule has 0 aromatic rings. The Hall–Kier alpha value is -0.0900. The fraction of sp³-hybridized carbons (Fsp3) is 0.750. The summed E-state index contributed by atoms with van der Waals surface area (Å²) in [5.74, 6) is -0.931. The molecule has 0 radical (unpaired) electrons. The molecule has 2 N–H and O–H groups in total. The average Bonchev–Trinajstić information content (AvgIpc) is 1.67. The molecular weight excluding hydrogens is 176 g/mol. The number of aliphatic hydroxyl groups is 1. The van der Waals surface area contributed by atoms with Crippen molar-refractivity contribution >= 4 is 21.9 Å². The molecule has 1 atom stereocenters. The van der Waals surface area contributed by atoms with Gasteiger partial charge in [0.2, 0.25) is 0 Å². The van der Waals surface area contributed by atoms with Crippen LogP contribution in [0.15, 0.2) is 0 Å². The minimum absolute atomic E-state index is 0.0950. The van der Waals surface area contributed by atoms with Crippen molar-refractivity contribution in [2.45, 2.75) is 11.2 Å². The van der Waals surface area contributed by atoms with E-state index in [1.54, 1.807) is 0 Å². The second-order valence-corrected chi connectivity index (χ2v) is 2.42. The van der Waals surface area contributed by atoms with Gasteiger partial charge >= 0.3 is 5.97 Å². The van der Waals surface area contributed by atoms with Crippen molar-refractivity contribution in [3.8, 4) is 0 Å². The number of carboxylic acids is 1. The fourth-order valence-electron chi connectivity index (χ4n) is 0.237. The SMILES string of the molecule is O=C(O)[C@H](Br)CCO. The molecule has 0 spiro atoms. The van der Waals surface area contributed by atoms with E-state index in [2.05, 4.69) is 15.9 Å². The predicted octanol–water partition coefficient (Wildman–Crippen LogP) is 0.217. The normalized spacial score (nSPS) is 13.2. The monoisotopic (exact) mass is 182 g/mol. The van der Waals surface area contributed by atoms with Crippen molar-refractivity contribution in [2.24, 2.45) is 0 Å². The topological polar surface area (TPSA) is 57.5 Å². The largest absolute Gasteiger partial charge is 0.480 e. The van der Waals surface area contributed by atoms with Crippen LogP contribution < -0.4 is 0 Å². The first-order valence-corrected chi connectivity index (χ1v) is 3.07. The van der Waals surface area contributed by atoms with Crippen LogP contribution in [-0.4, -0.2) is 27.6 Å². The molecule has 0 aromatic carbocycles. The Morgan fingerprint density at radius 2 is 2.25 bits per heavy atom. The van der Waals surface area contributed by atoms with Crippen LogP contribution in [0, 0.1) is 0 Å². The highest BCUT2D eigenvalue weighted by Crippen LogP contribution is 2.02. The summed E-state index contributed by atoms with van der Waals surface area (Å²) in [5.41, 5.74) is 0. The molecule has 4 heteroatoms. The van der Waals surface area contributed by atoms with Gasteiger partial charge in [-0.25, -0.2) is 0 Å². The van der Waals surface area contributed by atoms with Crippen LogP contribution in [0.4, 0.5) is 0 Å². The number of alkyl halides is 1. The maximum absolute atomic E-state index is 9.93. The number of carboxylic acid groups (broad SMARTS) is 1. The van der Waals surface area contributed by atoms with Gasteiger partial charge in [-0.05, 0) is 6.42 Å². The minimum atomic E-state index is -0.931. The molecule has 0 unspecified atom stereocenters. The zero-order valence-electron chi connectivity index (χ0n) is 4.17. The summed E-state index contributed by atoms with van der Waals surface area (Å²) in [6.45, 7) is -0.0950. The van der Waals surface area contributed by atoms with Crippen molar-refractivity contribution in [2.75, 3.05) is 6.61 Å². The summed E-state index contributed by atoms with van der Waals surface area (Å²) in [4.78, 5) is 9.33. The molecule has 0 heterocycles. The number of rotatable bonds is 3. The van der Waals surface area contributed by atoms with Gasteiger partial charge in [-0.3, -0.25) is 4.79 Å². The molecule has 0 aromatic heterocycles. The molecule has 0 amide bonds. The molecule has 0 rings (SSSR count). The lowest BCUT2D eigenvalue weighted by Gasteiger charge is -1.97. The highest BCUT2D eigenvalue weighted by molar-refractivity contribution is 9.10. The fourth-order valence-corrected chi connectivity index (χ4v) is 0.442. The van der Waals surface area contributed by atoms with Gasteiger partial charge in [0.05, 0.1) is 0 Å². The highest BCUT2D eigenvalue weighted by atomic mass is 79.9. The molecule has 0 saturated heterocycles. The van der Waals surface area contributed by atoms with Gasteiger partial charge in [0.25, 0.3) is 0 Å². The smallest absolute Gasteiger partial charge is 0.317 e. The van der Waals surface area contributed by atoms with Gasteiger partial charge in [0, 0.05) is 6.61 Å². The highest BCUT2D eigenvalue weighted by Gasteiger charge is 2.10. The standard InChI is InChI=1S/C4H7BrO3/c5-3(1-2-6)4(7)8/h3,6H,1-2H2,(H,7,8)/t3-/m1/s1. The molecule has 0 aliphatic rings. The van der Waals surface area contributed by atoms with E-state index in [-0.39, 0.29) is 13.0 Å².